The third-order valence-electron chi connectivity index (χ3n) is 0.264. The van der Waals surface area contributed by atoms with Crippen molar-refractivity contribution in [2.75, 3.05) is 6.61 Å². The second kappa shape index (κ2) is 23.4. The van der Waals surface area contributed by atoms with Crippen molar-refractivity contribution in [3.05, 3.63) is 0 Å². The number of rotatable bonds is 1. The Morgan fingerprint density at radius 3 is 1.44 bits per heavy atom. The van der Waals surface area contributed by atoms with Crippen LogP contribution in [0.25, 0.3) is 0 Å². The molecule has 0 saturated heterocycles. The summed E-state index contributed by atoms with van der Waals surface area (Å²) in [4.78, 5) is 0. The monoisotopic (exact) mass is 175 g/mol. The SMILES string of the molecule is CC(O)CO.Cl.O.O.[Al+3]. The van der Waals surface area contributed by atoms with Gasteiger partial charge in [-0.05, 0) is 6.92 Å². The molecule has 0 spiro atoms. The van der Waals surface area contributed by atoms with Crippen LogP contribution in [0.4, 0.5) is 0 Å². The topological polar surface area (TPSA) is 103 Å². The van der Waals surface area contributed by atoms with E-state index in [1.807, 2.05) is 0 Å². The average Bonchev–Trinajstić information content (AvgIpc) is 1.38. The Kier molecular flexibility index (Phi) is 86.7. The number of hydrogen-bond donors (Lipinski definition) is 2. The minimum absolute atomic E-state index is 0. The van der Waals surface area contributed by atoms with Crippen molar-refractivity contribution in [1.29, 1.82) is 0 Å². The van der Waals surface area contributed by atoms with E-state index in [0.717, 1.165) is 0 Å². The van der Waals surface area contributed by atoms with Gasteiger partial charge in [-0.3, -0.25) is 0 Å². The first-order valence-electron chi connectivity index (χ1n) is 1.56. The first kappa shape index (κ1) is 33.4. The zero-order valence-corrected chi connectivity index (χ0v) is 7.14. The van der Waals surface area contributed by atoms with Crippen molar-refractivity contribution < 1.29 is 21.2 Å². The largest absolute Gasteiger partial charge is 3.00 e. The summed E-state index contributed by atoms with van der Waals surface area (Å²) in [6, 6.07) is 0. The van der Waals surface area contributed by atoms with Gasteiger partial charge in [0, 0.05) is 0 Å². The molecule has 0 rings (SSSR count). The van der Waals surface area contributed by atoms with Gasteiger partial charge in [-0.15, -0.1) is 12.4 Å². The van der Waals surface area contributed by atoms with E-state index in [1.54, 1.807) is 0 Å². The normalized spacial score (nSPS) is 8.33. The Hall–Kier alpha value is 0.662. The molecule has 9 heavy (non-hydrogen) atoms. The van der Waals surface area contributed by atoms with E-state index < -0.39 is 6.10 Å². The van der Waals surface area contributed by atoms with E-state index >= 15 is 0 Å². The van der Waals surface area contributed by atoms with E-state index in [0.29, 0.717) is 0 Å². The van der Waals surface area contributed by atoms with Gasteiger partial charge in [0.2, 0.25) is 0 Å². The van der Waals surface area contributed by atoms with Crippen molar-refractivity contribution in [1.82, 2.24) is 0 Å². The number of aliphatic hydroxyl groups is 2. The minimum atomic E-state index is -0.560. The second-order valence-electron chi connectivity index (χ2n) is 1.03. The van der Waals surface area contributed by atoms with Crippen molar-refractivity contribution in [2.24, 2.45) is 0 Å². The molecule has 0 amide bonds. The third-order valence-corrected chi connectivity index (χ3v) is 0.264. The first-order valence-corrected chi connectivity index (χ1v) is 1.56. The Bertz CT molecular complexity index is 29.8. The molecule has 0 aromatic heterocycles. The Balaban J connectivity index is -0.0000000133. The summed E-state index contributed by atoms with van der Waals surface area (Å²) in [6.45, 7) is 1.39. The van der Waals surface area contributed by atoms with Crippen LogP contribution in [-0.4, -0.2) is 51.2 Å². The van der Waals surface area contributed by atoms with Gasteiger partial charge in [0.05, 0.1) is 12.7 Å². The molecule has 4 nitrogen and oxygen atoms in total. The molecule has 0 fully saturated rings. The van der Waals surface area contributed by atoms with Crippen LogP contribution < -0.4 is 0 Å². The summed E-state index contributed by atoms with van der Waals surface area (Å²) in [6.07, 6.45) is -0.560. The van der Waals surface area contributed by atoms with Crippen LogP contribution in [0.2, 0.25) is 0 Å². The van der Waals surface area contributed by atoms with Crippen LogP contribution in [0.5, 0.6) is 0 Å². The smallest absolute Gasteiger partial charge is 0.412 e. The fourth-order valence-corrected chi connectivity index (χ4v) is 0. The molecular weight excluding hydrogens is 162 g/mol. The summed E-state index contributed by atoms with van der Waals surface area (Å²) < 4.78 is 0. The molecule has 1 unspecified atom stereocenters. The molecule has 56 valence electrons. The zero-order valence-electron chi connectivity index (χ0n) is 5.16. The number of hydrogen-bond acceptors (Lipinski definition) is 2. The van der Waals surface area contributed by atoms with E-state index in [-0.39, 0.29) is 47.3 Å². The molecule has 6 N–H and O–H groups in total. The van der Waals surface area contributed by atoms with Gasteiger partial charge in [0.25, 0.3) is 0 Å². The third kappa shape index (κ3) is 54.2. The molecule has 6 heteroatoms. The Morgan fingerprint density at radius 2 is 1.44 bits per heavy atom. The van der Waals surface area contributed by atoms with Gasteiger partial charge >= 0.3 is 17.4 Å². The molecule has 0 aromatic carbocycles. The molecule has 1 atom stereocenters. The fourth-order valence-electron chi connectivity index (χ4n) is 0. The van der Waals surface area contributed by atoms with E-state index in [2.05, 4.69) is 0 Å². The molecule has 0 aliphatic carbocycles. The quantitative estimate of drug-likeness (QED) is 0.440. The minimum Gasteiger partial charge on any atom is -0.412 e. The van der Waals surface area contributed by atoms with Crippen molar-refractivity contribution >= 4 is 29.8 Å². The predicted octanol–water partition coefficient (Wildman–Crippen LogP) is -2.25. The second-order valence-corrected chi connectivity index (χ2v) is 1.03. The molecule has 0 aromatic rings. The Morgan fingerprint density at radius 1 is 1.33 bits per heavy atom. The van der Waals surface area contributed by atoms with E-state index in [9.17, 15) is 0 Å². The van der Waals surface area contributed by atoms with Gasteiger partial charge in [-0.25, -0.2) is 0 Å². The zero-order chi connectivity index (χ0) is 4.28. The van der Waals surface area contributed by atoms with E-state index in [1.165, 1.54) is 6.92 Å². The predicted molar refractivity (Wildman–Crippen MR) is 39.0 cm³/mol. The molecule has 0 aliphatic rings. The fraction of sp³-hybridized carbons (Fsp3) is 1.00. The van der Waals surface area contributed by atoms with Gasteiger partial charge in [-0.1, -0.05) is 0 Å². The van der Waals surface area contributed by atoms with Gasteiger partial charge < -0.3 is 21.2 Å². The summed E-state index contributed by atoms with van der Waals surface area (Å²) in [7, 11) is 0. The van der Waals surface area contributed by atoms with Crippen LogP contribution in [0.15, 0.2) is 0 Å². The molecule has 0 heterocycles. The maximum absolute atomic E-state index is 8.11. The van der Waals surface area contributed by atoms with Gasteiger partial charge in [-0.2, -0.15) is 0 Å². The first-order chi connectivity index (χ1) is 2.27. The molecule has 0 bridgehead atoms. The van der Waals surface area contributed by atoms with Crippen molar-refractivity contribution in [2.45, 2.75) is 13.0 Å². The average molecular weight is 176 g/mol. The Labute approximate surface area is 71.0 Å². The van der Waals surface area contributed by atoms with Crippen LogP contribution in [0, 0.1) is 0 Å². The standard InChI is InChI=1S/C3H8O2.Al.ClH.2H2O/c1-3(5)2-4;;;;/h3-5H,2H2,1H3;;1H;2*1H2/q;+3;;;. The number of halogens is 1. The molecular formula is C3H13AlClO4+3. The maximum Gasteiger partial charge on any atom is 3.00 e. The van der Waals surface area contributed by atoms with Gasteiger partial charge in [0.15, 0.2) is 0 Å². The van der Waals surface area contributed by atoms with Crippen LogP contribution in [-0.2, 0) is 0 Å². The molecule has 0 aliphatic heterocycles. The molecule has 0 saturated carbocycles. The van der Waals surface area contributed by atoms with E-state index in [4.69, 9.17) is 10.2 Å². The van der Waals surface area contributed by atoms with Crippen LogP contribution in [0.3, 0.4) is 0 Å². The van der Waals surface area contributed by atoms with Crippen LogP contribution >= 0.6 is 12.4 Å². The summed E-state index contributed by atoms with van der Waals surface area (Å²) in [5.74, 6) is 0. The van der Waals surface area contributed by atoms with Gasteiger partial charge in [0.1, 0.15) is 0 Å². The number of aliphatic hydroxyl groups excluding tert-OH is 2. The maximum atomic E-state index is 8.11. The summed E-state index contributed by atoms with van der Waals surface area (Å²) in [5.41, 5.74) is 0. The molecule has 0 radical (unpaired) electrons. The summed E-state index contributed by atoms with van der Waals surface area (Å²) in [5, 5.41) is 16.0. The van der Waals surface area contributed by atoms with Crippen molar-refractivity contribution in [3.8, 4) is 0 Å². The summed E-state index contributed by atoms with van der Waals surface area (Å²) >= 11 is 0. The van der Waals surface area contributed by atoms with Crippen LogP contribution in [0.1, 0.15) is 6.92 Å². The van der Waals surface area contributed by atoms with Crippen molar-refractivity contribution in [3.63, 3.8) is 0 Å².